The van der Waals surface area contributed by atoms with Crippen molar-refractivity contribution in [2.75, 3.05) is 32.8 Å². The lowest BCUT2D eigenvalue weighted by molar-refractivity contribution is 0.0332. The molecule has 5 nitrogen and oxygen atoms in total. The van der Waals surface area contributed by atoms with E-state index in [2.05, 4.69) is 21.5 Å². The molecule has 3 heterocycles. The number of hydrogen-bond donors (Lipinski definition) is 0. The lowest BCUT2D eigenvalue weighted by atomic mass is 9.89. The van der Waals surface area contributed by atoms with Crippen molar-refractivity contribution in [1.29, 1.82) is 0 Å². The van der Waals surface area contributed by atoms with Crippen molar-refractivity contribution < 1.29 is 4.74 Å². The first-order valence-corrected chi connectivity index (χ1v) is 8.39. The highest BCUT2D eigenvalue weighted by molar-refractivity contribution is 5.29. The van der Waals surface area contributed by atoms with E-state index in [0.29, 0.717) is 0 Å². The number of aryl methyl sites for hydroxylation is 1. The van der Waals surface area contributed by atoms with Gasteiger partial charge >= 0.3 is 0 Å². The summed E-state index contributed by atoms with van der Waals surface area (Å²) < 4.78 is 7.58. The Bertz CT molecular complexity index is 503. The Morgan fingerprint density at radius 2 is 2.00 bits per heavy atom. The second-order valence-corrected chi connectivity index (χ2v) is 6.69. The lowest BCUT2D eigenvalue weighted by Gasteiger charge is -2.40. The van der Waals surface area contributed by atoms with E-state index >= 15 is 0 Å². The van der Waals surface area contributed by atoms with Crippen molar-refractivity contribution >= 4 is 0 Å². The van der Waals surface area contributed by atoms with Crippen LogP contribution in [-0.2, 0) is 31.3 Å². The Morgan fingerprint density at radius 1 is 1.19 bits per heavy atom. The summed E-state index contributed by atoms with van der Waals surface area (Å²) in [7, 11) is 2.11. The van der Waals surface area contributed by atoms with Crippen molar-refractivity contribution in [2.24, 2.45) is 7.05 Å². The maximum absolute atomic E-state index is 5.45. The molecule has 1 aliphatic carbocycles. The molecule has 0 spiro atoms. The second kappa shape index (κ2) is 5.71. The lowest BCUT2D eigenvalue weighted by Crippen LogP contribution is -2.43. The number of morpholine rings is 1. The third-order valence-corrected chi connectivity index (χ3v) is 5.42. The summed E-state index contributed by atoms with van der Waals surface area (Å²) in [6.07, 6.45) is 5.38. The predicted octanol–water partition coefficient (Wildman–Crippen LogP) is 1.16. The van der Waals surface area contributed by atoms with Gasteiger partial charge in [-0.3, -0.25) is 14.5 Å². The van der Waals surface area contributed by atoms with Crippen LogP contribution in [0.1, 0.15) is 36.2 Å². The van der Waals surface area contributed by atoms with Crippen molar-refractivity contribution in [1.82, 2.24) is 19.6 Å². The van der Waals surface area contributed by atoms with Crippen molar-refractivity contribution in [2.45, 2.75) is 44.8 Å². The topological polar surface area (TPSA) is 33.5 Å². The molecule has 0 bridgehead atoms. The maximum Gasteiger partial charge on any atom is 0.0812 e. The van der Waals surface area contributed by atoms with Gasteiger partial charge in [0.15, 0.2) is 0 Å². The van der Waals surface area contributed by atoms with Gasteiger partial charge in [-0.1, -0.05) is 6.42 Å². The van der Waals surface area contributed by atoms with Crippen LogP contribution in [0.2, 0.25) is 0 Å². The molecule has 1 saturated heterocycles. The van der Waals surface area contributed by atoms with Crippen LogP contribution in [-0.4, -0.2) is 58.5 Å². The second-order valence-electron chi connectivity index (χ2n) is 6.69. The molecule has 0 unspecified atom stereocenters. The van der Waals surface area contributed by atoms with Crippen molar-refractivity contribution in [3.63, 3.8) is 0 Å². The molecule has 4 rings (SSSR count). The van der Waals surface area contributed by atoms with E-state index in [4.69, 9.17) is 9.84 Å². The van der Waals surface area contributed by atoms with E-state index < -0.39 is 0 Å². The summed E-state index contributed by atoms with van der Waals surface area (Å²) in [5, 5.41) is 4.83. The minimum Gasteiger partial charge on any atom is -0.379 e. The minimum absolute atomic E-state index is 0.842. The van der Waals surface area contributed by atoms with E-state index in [1.54, 1.807) is 0 Å². The standard InChI is InChI=1S/C16H26N4O/c1-18-16-5-6-20(13-3-2-4-13)11-14(16)15(17-18)12-19-7-9-21-10-8-19/h13H,2-12H2,1H3. The Hall–Kier alpha value is -0.910. The zero-order chi connectivity index (χ0) is 14.2. The molecule has 116 valence electrons. The number of hydrogen-bond acceptors (Lipinski definition) is 4. The first kappa shape index (κ1) is 13.7. The largest absolute Gasteiger partial charge is 0.379 e. The summed E-state index contributed by atoms with van der Waals surface area (Å²) in [6, 6.07) is 0.842. The molecule has 1 aromatic heterocycles. The molecular weight excluding hydrogens is 264 g/mol. The summed E-state index contributed by atoms with van der Waals surface area (Å²) >= 11 is 0. The van der Waals surface area contributed by atoms with E-state index in [1.807, 2.05) is 0 Å². The third-order valence-electron chi connectivity index (χ3n) is 5.42. The van der Waals surface area contributed by atoms with Gasteiger partial charge in [0.05, 0.1) is 18.9 Å². The molecule has 5 heteroatoms. The highest BCUT2D eigenvalue weighted by Gasteiger charge is 2.31. The van der Waals surface area contributed by atoms with Crippen LogP contribution in [0, 0.1) is 0 Å². The summed E-state index contributed by atoms with van der Waals surface area (Å²) in [5.41, 5.74) is 4.29. The van der Waals surface area contributed by atoms with E-state index in [9.17, 15) is 0 Å². The average Bonchev–Trinajstić information content (AvgIpc) is 2.75. The summed E-state index contributed by atoms with van der Waals surface area (Å²) in [6.45, 7) is 7.13. The fourth-order valence-electron chi connectivity index (χ4n) is 3.85. The average molecular weight is 290 g/mol. The molecule has 21 heavy (non-hydrogen) atoms. The van der Waals surface area contributed by atoms with Gasteiger partial charge in [-0.15, -0.1) is 0 Å². The molecule has 1 saturated carbocycles. The van der Waals surface area contributed by atoms with Crippen LogP contribution >= 0.6 is 0 Å². The number of fused-ring (bicyclic) bond motifs is 1. The fourth-order valence-corrected chi connectivity index (χ4v) is 3.85. The Kier molecular flexibility index (Phi) is 3.73. The number of ether oxygens (including phenoxy) is 1. The number of aromatic nitrogens is 2. The Labute approximate surface area is 126 Å². The minimum atomic E-state index is 0.842. The van der Waals surface area contributed by atoms with Gasteiger partial charge in [0, 0.05) is 63.5 Å². The highest BCUT2D eigenvalue weighted by atomic mass is 16.5. The molecule has 0 aromatic carbocycles. The van der Waals surface area contributed by atoms with Crippen molar-refractivity contribution in [3.8, 4) is 0 Å². The van der Waals surface area contributed by atoms with Gasteiger partial charge < -0.3 is 4.74 Å². The van der Waals surface area contributed by atoms with Crippen LogP contribution in [0.4, 0.5) is 0 Å². The molecule has 0 amide bonds. The number of rotatable bonds is 3. The maximum atomic E-state index is 5.45. The zero-order valence-corrected chi connectivity index (χ0v) is 13.1. The molecule has 0 radical (unpaired) electrons. The molecule has 1 aromatic rings. The van der Waals surface area contributed by atoms with Crippen LogP contribution < -0.4 is 0 Å². The third kappa shape index (κ3) is 2.62. The normalized spacial score (nSPS) is 24.8. The van der Waals surface area contributed by atoms with Gasteiger partial charge in [0.1, 0.15) is 0 Å². The van der Waals surface area contributed by atoms with E-state index in [-0.39, 0.29) is 0 Å². The fraction of sp³-hybridized carbons (Fsp3) is 0.812. The van der Waals surface area contributed by atoms with Gasteiger partial charge in [-0.25, -0.2) is 0 Å². The number of nitrogens with zero attached hydrogens (tertiary/aromatic N) is 4. The van der Waals surface area contributed by atoms with Gasteiger partial charge in [-0.2, -0.15) is 5.10 Å². The quantitative estimate of drug-likeness (QED) is 0.836. The first-order chi connectivity index (χ1) is 10.3. The molecule has 0 atom stereocenters. The van der Waals surface area contributed by atoms with E-state index in [0.717, 1.165) is 45.4 Å². The molecule has 0 N–H and O–H groups in total. The highest BCUT2D eigenvalue weighted by Crippen LogP contribution is 2.31. The van der Waals surface area contributed by atoms with E-state index in [1.165, 1.54) is 49.2 Å². The predicted molar refractivity (Wildman–Crippen MR) is 81.1 cm³/mol. The van der Waals surface area contributed by atoms with Crippen molar-refractivity contribution in [3.05, 3.63) is 17.0 Å². The van der Waals surface area contributed by atoms with Gasteiger partial charge in [0.25, 0.3) is 0 Å². The summed E-state index contributed by atoms with van der Waals surface area (Å²) in [4.78, 5) is 5.17. The van der Waals surface area contributed by atoms with Crippen LogP contribution in [0.5, 0.6) is 0 Å². The Balaban J connectivity index is 1.52. The molecular formula is C16H26N4O. The first-order valence-electron chi connectivity index (χ1n) is 8.39. The zero-order valence-electron chi connectivity index (χ0n) is 13.1. The van der Waals surface area contributed by atoms with Crippen LogP contribution in [0.15, 0.2) is 0 Å². The monoisotopic (exact) mass is 290 g/mol. The molecule has 3 aliphatic rings. The molecule has 2 aliphatic heterocycles. The summed E-state index contributed by atoms with van der Waals surface area (Å²) in [5.74, 6) is 0. The smallest absolute Gasteiger partial charge is 0.0812 e. The SMILES string of the molecule is Cn1nc(CN2CCOCC2)c2c1CCN(C1CCC1)C2. The van der Waals surface area contributed by atoms with Crippen LogP contribution in [0.3, 0.4) is 0 Å². The van der Waals surface area contributed by atoms with Crippen LogP contribution in [0.25, 0.3) is 0 Å². The van der Waals surface area contributed by atoms with Gasteiger partial charge in [0.2, 0.25) is 0 Å². The Morgan fingerprint density at radius 3 is 2.71 bits per heavy atom. The van der Waals surface area contributed by atoms with Gasteiger partial charge in [-0.05, 0) is 12.8 Å². The molecule has 2 fully saturated rings.